The number of benzene rings is 1. The Balaban J connectivity index is 2.97. The van der Waals surface area contributed by atoms with Crippen molar-refractivity contribution < 1.29 is 30.2 Å². The smallest absolute Gasteiger partial charge is 0.328 e. The molecule has 0 spiro atoms. The van der Waals surface area contributed by atoms with Crippen molar-refractivity contribution in [2.24, 2.45) is 0 Å². The van der Waals surface area contributed by atoms with Crippen LogP contribution in [0, 0.1) is 0 Å². The highest BCUT2D eigenvalue weighted by molar-refractivity contribution is 5.85. The van der Waals surface area contributed by atoms with Crippen molar-refractivity contribution in [3.63, 3.8) is 0 Å². The van der Waals surface area contributed by atoms with Gasteiger partial charge in [-0.15, -0.1) is 0 Å². The van der Waals surface area contributed by atoms with E-state index in [1.807, 2.05) is 0 Å². The number of aliphatic carboxylic acids is 1. The van der Waals surface area contributed by atoms with Crippen LogP contribution in [0.5, 0.6) is 11.5 Å². The lowest BCUT2D eigenvalue weighted by atomic mass is 10.2. The Kier molecular flexibility index (Phi) is 3.67. The summed E-state index contributed by atoms with van der Waals surface area (Å²) in [5.41, 5.74) is 0.474. The van der Waals surface area contributed by atoms with Gasteiger partial charge in [0.2, 0.25) is 11.5 Å². The summed E-state index contributed by atoms with van der Waals surface area (Å²) in [6.45, 7) is 0. The Labute approximate surface area is 84.5 Å². The van der Waals surface area contributed by atoms with Crippen molar-refractivity contribution in [2.45, 2.75) is 0 Å². The van der Waals surface area contributed by atoms with Crippen LogP contribution in [0.4, 0.5) is 0 Å². The van der Waals surface area contributed by atoms with Crippen LogP contribution < -0.4 is 9.78 Å². The van der Waals surface area contributed by atoms with Gasteiger partial charge in [-0.1, -0.05) is 6.07 Å². The molecule has 0 aliphatic rings. The second-order valence-corrected chi connectivity index (χ2v) is 2.56. The molecule has 1 aromatic rings. The minimum absolute atomic E-state index is 0.0787. The van der Waals surface area contributed by atoms with Gasteiger partial charge < -0.3 is 14.9 Å². The van der Waals surface area contributed by atoms with Gasteiger partial charge in [-0.3, -0.25) is 0 Å². The van der Waals surface area contributed by atoms with Crippen LogP contribution in [0.3, 0.4) is 0 Å². The van der Waals surface area contributed by atoms with Gasteiger partial charge in [-0.2, -0.15) is 0 Å². The summed E-state index contributed by atoms with van der Waals surface area (Å²) < 4.78 is 0. The van der Waals surface area contributed by atoms with Crippen LogP contribution in [0.1, 0.15) is 5.56 Å². The van der Waals surface area contributed by atoms with E-state index in [0.29, 0.717) is 5.56 Å². The third kappa shape index (κ3) is 2.97. The van der Waals surface area contributed by atoms with E-state index in [-0.39, 0.29) is 11.5 Å². The van der Waals surface area contributed by atoms with Crippen LogP contribution in [0.25, 0.3) is 6.08 Å². The van der Waals surface area contributed by atoms with Gasteiger partial charge in [0, 0.05) is 6.08 Å². The van der Waals surface area contributed by atoms with Crippen LogP contribution in [0.2, 0.25) is 0 Å². The molecule has 15 heavy (non-hydrogen) atoms. The van der Waals surface area contributed by atoms with Crippen molar-refractivity contribution in [1.29, 1.82) is 0 Å². The summed E-state index contributed by atoms with van der Waals surface area (Å²) in [5.74, 6) is -1.29. The SMILES string of the molecule is O=C(O)C=Cc1ccc(OO)c(OO)c1. The summed E-state index contributed by atoms with van der Waals surface area (Å²) in [7, 11) is 0. The van der Waals surface area contributed by atoms with Gasteiger partial charge in [0.1, 0.15) is 0 Å². The van der Waals surface area contributed by atoms with Crippen molar-refractivity contribution in [1.82, 2.24) is 0 Å². The lowest BCUT2D eigenvalue weighted by Gasteiger charge is -2.03. The highest BCUT2D eigenvalue weighted by Gasteiger charge is 2.05. The molecule has 0 bridgehead atoms. The highest BCUT2D eigenvalue weighted by atomic mass is 17.1. The molecule has 6 nitrogen and oxygen atoms in total. The molecule has 1 rings (SSSR count). The third-order valence-corrected chi connectivity index (χ3v) is 1.58. The second-order valence-electron chi connectivity index (χ2n) is 2.56. The molecule has 3 N–H and O–H groups in total. The minimum Gasteiger partial charge on any atom is -0.478 e. The number of carboxylic acids is 1. The van der Waals surface area contributed by atoms with E-state index in [1.165, 1.54) is 24.3 Å². The fourth-order valence-electron chi connectivity index (χ4n) is 0.943. The number of hydrogen-bond acceptors (Lipinski definition) is 5. The maximum Gasteiger partial charge on any atom is 0.328 e. The quantitative estimate of drug-likeness (QED) is 0.397. The number of carbonyl (C=O) groups is 1. The van der Waals surface area contributed by atoms with Crippen LogP contribution in [-0.2, 0) is 4.79 Å². The molecule has 0 unspecified atom stereocenters. The van der Waals surface area contributed by atoms with E-state index in [4.69, 9.17) is 15.6 Å². The normalized spacial score (nSPS) is 10.3. The molecule has 0 atom stereocenters. The first-order valence-corrected chi connectivity index (χ1v) is 3.85. The first-order chi connectivity index (χ1) is 7.17. The first-order valence-electron chi connectivity index (χ1n) is 3.85. The van der Waals surface area contributed by atoms with Crippen molar-refractivity contribution in [3.8, 4) is 11.5 Å². The van der Waals surface area contributed by atoms with Crippen molar-refractivity contribution in [2.75, 3.05) is 0 Å². The maximum atomic E-state index is 10.2. The number of hydrogen-bond donors (Lipinski definition) is 3. The molecular formula is C9H8O6. The zero-order chi connectivity index (χ0) is 11.3. The van der Waals surface area contributed by atoms with E-state index in [9.17, 15) is 4.79 Å². The van der Waals surface area contributed by atoms with E-state index in [0.717, 1.165) is 6.08 Å². The van der Waals surface area contributed by atoms with Gasteiger partial charge >= 0.3 is 5.97 Å². The third-order valence-electron chi connectivity index (χ3n) is 1.58. The lowest BCUT2D eigenvalue weighted by molar-refractivity contribution is -0.164. The molecule has 1 aromatic carbocycles. The minimum atomic E-state index is -1.09. The second kappa shape index (κ2) is 4.99. The molecule has 0 aliphatic carbocycles. The molecule has 0 radical (unpaired) electrons. The van der Waals surface area contributed by atoms with E-state index < -0.39 is 5.97 Å². The molecule has 0 fully saturated rings. The van der Waals surface area contributed by atoms with Gasteiger partial charge in [0.05, 0.1) is 0 Å². The Hall–Kier alpha value is -2.05. The Morgan fingerprint density at radius 3 is 2.40 bits per heavy atom. The van der Waals surface area contributed by atoms with E-state index in [2.05, 4.69) is 9.78 Å². The van der Waals surface area contributed by atoms with E-state index >= 15 is 0 Å². The fourth-order valence-corrected chi connectivity index (χ4v) is 0.943. The topological polar surface area (TPSA) is 96.2 Å². The summed E-state index contributed by atoms with van der Waals surface area (Å²) >= 11 is 0. The molecule has 0 heterocycles. The Morgan fingerprint density at radius 1 is 1.20 bits per heavy atom. The monoisotopic (exact) mass is 212 g/mol. The van der Waals surface area contributed by atoms with Crippen LogP contribution >= 0.6 is 0 Å². The average Bonchev–Trinajstić information content (AvgIpc) is 2.25. The van der Waals surface area contributed by atoms with Crippen molar-refractivity contribution >= 4 is 12.0 Å². The fraction of sp³-hybridized carbons (Fsp3) is 0. The molecule has 80 valence electrons. The number of carboxylic acid groups (broad SMARTS) is 1. The van der Waals surface area contributed by atoms with Gasteiger partial charge in [0.25, 0.3) is 0 Å². The Bertz CT molecular complexity index is 384. The number of rotatable bonds is 4. The molecule has 0 amide bonds. The zero-order valence-corrected chi connectivity index (χ0v) is 7.45. The van der Waals surface area contributed by atoms with Crippen molar-refractivity contribution in [3.05, 3.63) is 29.8 Å². The highest BCUT2D eigenvalue weighted by Crippen LogP contribution is 2.27. The molecule has 0 saturated carbocycles. The predicted octanol–water partition coefficient (Wildman–Crippen LogP) is 1.49. The molecule has 0 saturated heterocycles. The summed E-state index contributed by atoms with van der Waals surface area (Å²) in [5, 5.41) is 25.1. The van der Waals surface area contributed by atoms with Gasteiger partial charge in [0.15, 0.2) is 0 Å². The molecule has 6 heteroatoms. The zero-order valence-electron chi connectivity index (χ0n) is 7.45. The predicted molar refractivity (Wildman–Crippen MR) is 49.6 cm³/mol. The largest absolute Gasteiger partial charge is 0.478 e. The van der Waals surface area contributed by atoms with Gasteiger partial charge in [-0.25, -0.2) is 15.3 Å². The Morgan fingerprint density at radius 2 is 1.87 bits per heavy atom. The van der Waals surface area contributed by atoms with Crippen LogP contribution in [0.15, 0.2) is 24.3 Å². The van der Waals surface area contributed by atoms with E-state index in [1.54, 1.807) is 0 Å². The lowest BCUT2D eigenvalue weighted by Crippen LogP contribution is -1.92. The molecule has 0 aliphatic heterocycles. The summed E-state index contributed by atoms with van der Waals surface area (Å²) in [6, 6.07) is 4.09. The molecular weight excluding hydrogens is 204 g/mol. The average molecular weight is 212 g/mol. The maximum absolute atomic E-state index is 10.2. The molecule has 0 aromatic heterocycles. The first kappa shape index (κ1) is 11.0. The van der Waals surface area contributed by atoms with Crippen LogP contribution in [-0.4, -0.2) is 21.6 Å². The van der Waals surface area contributed by atoms with Gasteiger partial charge in [-0.05, 0) is 23.8 Å². The standard InChI is InChI=1S/C9H8O6/c10-9(11)4-2-6-1-3-7(14-12)8(5-6)15-13/h1-5,12-13H,(H,10,11). The summed E-state index contributed by atoms with van der Waals surface area (Å²) in [6.07, 6.45) is 2.22. The summed E-state index contributed by atoms with van der Waals surface area (Å²) in [4.78, 5) is 18.0.